The molecule has 0 saturated carbocycles. The minimum atomic E-state index is 0.0253. The molecule has 0 radical (unpaired) electrons. The van der Waals surface area contributed by atoms with Gasteiger partial charge in [-0.1, -0.05) is 36.4 Å². The molecule has 3 nitrogen and oxygen atoms in total. The maximum Gasteiger partial charge on any atom is 0.263 e. The Bertz CT molecular complexity index is 1200. The molecule has 3 heteroatoms. The summed E-state index contributed by atoms with van der Waals surface area (Å²) in [6, 6.07) is 16.0. The van der Waals surface area contributed by atoms with Gasteiger partial charge in [-0.3, -0.25) is 14.2 Å². The molecule has 98 valence electrons. The Morgan fingerprint density at radius 1 is 0.762 bits per heavy atom. The number of pyridine rings is 2. The molecule has 2 aromatic carbocycles. The number of aromatic nitrogens is 2. The molecular weight excluding hydrogens is 260 g/mol. The summed E-state index contributed by atoms with van der Waals surface area (Å²) in [5.74, 6) is 0. The zero-order chi connectivity index (χ0) is 14.0. The lowest BCUT2D eigenvalue weighted by Gasteiger charge is -2.05. The molecule has 0 aliphatic carbocycles. The SMILES string of the molecule is O=c1c2ccccc2c2cccc3c4ccncc4n1c23. The van der Waals surface area contributed by atoms with Crippen LogP contribution in [0.25, 0.3) is 38.0 Å². The Balaban J connectivity index is 2.33. The molecule has 0 bridgehead atoms. The van der Waals surface area contributed by atoms with E-state index >= 15 is 0 Å². The van der Waals surface area contributed by atoms with Gasteiger partial charge < -0.3 is 0 Å². The van der Waals surface area contributed by atoms with E-state index in [2.05, 4.69) is 23.2 Å². The molecule has 0 fully saturated rings. The van der Waals surface area contributed by atoms with Gasteiger partial charge in [-0.05, 0) is 17.5 Å². The average molecular weight is 270 g/mol. The Kier molecular flexibility index (Phi) is 1.84. The van der Waals surface area contributed by atoms with Crippen molar-refractivity contribution in [1.82, 2.24) is 9.38 Å². The minimum Gasteiger partial charge on any atom is -0.274 e. The van der Waals surface area contributed by atoms with Crippen molar-refractivity contribution in [3.63, 3.8) is 0 Å². The summed E-state index contributed by atoms with van der Waals surface area (Å²) < 4.78 is 1.80. The first-order chi connectivity index (χ1) is 10.4. The van der Waals surface area contributed by atoms with Gasteiger partial charge in [-0.15, -0.1) is 0 Å². The van der Waals surface area contributed by atoms with E-state index in [9.17, 15) is 4.79 Å². The standard InChI is InChI=1S/C18H10N2O/c21-18-15-5-2-1-4-11(15)13-6-3-7-14-12-8-9-19-10-16(12)20(18)17(13)14/h1-10H. The van der Waals surface area contributed by atoms with E-state index in [-0.39, 0.29) is 5.56 Å². The van der Waals surface area contributed by atoms with Gasteiger partial charge in [-0.2, -0.15) is 0 Å². The van der Waals surface area contributed by atoms with E-state index in [1.54, 1.807) is 16.8 Å². The molecule has 3 aromatic heterocycles. The molecule has 0 aliphatic rings. The lowest BCUT2D eigenvalue weighted by atomic mass is 10.0. The van der Waals surface area contributed by atoms with Crippen molar-refractivity contribution < 1.29 is 0 Å². The topological polar surface area (TPSA) is 34.4 Å². The highest BCUT2D eigenvalue weighted by Gasteiger charge is 2.15. The second-order valence-electron chi connectivity index (χ2n) is 5.28. The van der Waals surface area contributed by atoms with E-state index in [0.29, 0.717) is 0 Å². The fourth-order valence-electron chi connectivity index (χ4n) is 3.37. The molecule has 3 heterocycles. The van der Waals surface area contributed by atoms with Gasteiger partial charge in [0.05, 0.1) is 17.2 Å². The van der Waals surface area contributed by atoms with E-state index in [0.717, 1.165) is 38.0 Å². The zero-order valence-corrected chi connectivity index (χ0v) is 11.1. The van der Waals surface area contributed by atoms with E-state index in [1.165, 1.54) is 0 Å². The van der Waals surface area contributed by atoms with Crippen LogP contribution in [0.3, 0.4) is 0 Å². The first-order valence-corrected chi connectivity index (χ1v) is 6.87. The molecule has 21 heavy (non-hydrogen) atoms. The van der Waals surface area contributed by atoms with E-state index in [4.69, 9.17) is 0 Å². The van der Waals surface area contributed by atoms with E-state index < -0.39 is 0 Å². The van der Waals surface area contributed by atoms with Crippen molar-refractivity contribution in [1.29, 1.82) is 0 Å². The number of hydrogen-bond donors (Lipinski definition) is 0. The number of benzene rings is 2. The maximum absolute atomic E-state index is 12.9. The van der Waals surface area contributed by atoms with Crippen LogP contribution in [0, 0.1) is 0 Å². The second-order valence-corrected chi connectivity index (χ2v) is 5.28. The molecule has 0 aliphatic heterocycles. The van der Waals surface area contributed by atoms with Crippen LogP contribution in [0.4, 0.5) is 0 Å². The highest BCUT2D eigenvalue weighted by atomic mass is 16.1. The van der Waals surface area contributed by atoms with Gasteiger partial charge in [0.1, 0.15) is 0 Å². The molecule has 0 saturated heterocycles. The second kappa shape index (κ2) is 3.58. The van der Waals surface area contributed by atoms with Crippen LogP contribution in [-0.2, 0) is 0 Å². The van der Waals surface area contributed by atoms with Crippen molar-refractivity contribution >= 4 is 38.0 Å². The summed E-state index contributed by atoms with van der Waals surface area (Å²) in [6.45, 7) is 0. The zero-order valence-electron chi connectivity index (χ0n) is 11.1. The summed E-state index contributed by atoms with van der Waals surface area (Å²) in [4.78, 5) is 17.1. The summed E-state index contributed by atoms with van der Waals surface area (Å²) >= 11 is 0. The Morgan fingerprint density at radius 2 is 1.48 bits per heavy atom. The fraction of sp³-hybridized carbons (Fsp3) is 0. The number of nitrogens with zero attached hydrogens (tertiary/aromatic N) is 2. The van der Waals surface area contributed by atoms with Crippen LogP contribution in [0.15, 0.2) is 65.7 Å². The third kappa shape index (κ3) is 1.19. The highest BCUT2D eigenvalue weighted by Crippen LogP contribution is 2.33. The number of para-hydroxylation sites is 1. The van der Waals surface area contributed by atoms with Gasteiger partial charge in [0.15, 0.2) is 0 Å². The molecule has 0 spiro atoms. The van der Waals surface area contributed by atoms with Crippen LogP contribution in [0.5, 0.6) is 0 Å². The minimum absolute atomic E-state index is 0.0253. The predicted molar refractivity (Wildman–Crippen MR) is 85.2 cm³/mol. The van der Waals surface area contributed by atoms with Crippen molar-refractivity contribution in [2.24, 2.45) is 0 Å². The van der Waals surface area contributed by atoms with Gasteiger partial charge in [0.2, 0.25) is 0 Å². The fourth-order valence-corrected chi connectivity index (χ4v) is 3.37. The lowest BCUT2D eigenvalue weighted by molar-refractivity contribution is 1.19. The summed E-state index contributed by atoms with van der Waals surface area (Å²) in [7, 11) is 0. The van der Waals surface area contributed by atoms with E-state index in [1.807, 2.05) is 30.3 Å². The molecular formula is C18H10N2O. The largest absolute Gasteiger partial charge is 0.274 e. The van der Waals surface area contributed by atoms with Crippen molar-refractivity contribution in [3.05, 3.63) is 71.3 Å². The molecule has 0 amide bonds. The normalized spacial score (nSPS) is 12.0. The lowest BCUT2D eigenvalue weighted by Crippen LogP contribution is -2.12. The monoisotopic (exact) mass is 270 g/mol. The molecule has 5 rings (SSSR count). The average Bonchev–Trinajstić information content (AvgIpc) is 2.89. The van der Waals surface area contributed by atoms with Crippen LogP contribution < -0.4 is 5.56 Å². The summed E-state index contributed by atoms with van der Waals surface area (Å²) in [5.41, 5.74) is 1.89. The summed E-state index contributed by atoms with van der Waals surface area (Å²) in [6.07, 6.45) is 3.54. The third-order valence-corrected chi connectivity index (χ3v) is 4.24. The Morgan fingerprint density at radius 3 is 2.33 bits per heavy atom. The van der Waals surface area contributed by atoms with Crippen LogP contribution in [0.1, 0.15) is 0 Å². The highest BCUT2D eigenvalue weighted by molar-refractivity contribution is 6.19. The van der Waals surface area contributed by atoms with Crippen LogP contribution in [0.2, 0.25) is 0 Å². The first-order valence-electron chi connectivity index (χ1n) is 6.87. The van der Waals surface area contributed by atoms with Crippen molar-refractivity contribution in [2.45, 2.75) is 0 Å². The Labute approximate surface area is 119 Å². The number of fused-ring (bicyclic) bond motifs is 5. The van der Waals surface area contributed by atoms with Gasteiger partial charge in [0.25, 0.3) is 5.56 Å². The summed E-state index contributed by atoms with van der Waals surface area (Å²) in [5, 5.41) is 5.05. The smallest absolute Gasteiger partial charge is 0.263 e. The van der Waals surface area contributed by atoms with Gasteiger partial charge in [-0.25, -0.2) is 0 Å². The maximum atomic E-state index is 12.9. The molecule has 0 unspecified atom stereocenters. The van der Waals surface area contributed by atoms with Gasteiger partial charge in [0, 0.05) is 27.7 Å². The third-order valence-electron chi connectivity index (χ3n) is 4.24. The molecule has 0 atom stereocenters. The van der Waals surface area contributed by atoms with Crippen LogP contribution in [-0.4, -0.2) is 9.38 Å². The molecule has 5 aromatic rings. The van der Waals surface area contributed by atoms with Crippen LogP contribution >= 0.6 is 0 Å². The van der Waals surface area contributed by atoms with Crippen molar-refractivity contribution in [3.8, 4) is 0 Å². The quantitative estimate of drug-likeness (QED) is 0.403. The number of rotatable bonds is 0. The number of hydrogen-bond acceptors (Lipinski definition) is 2. The predicted octanol–water partition coefficient (Wildman–Crippen LogP) is 3.59. The van der Waals surface area contributed by atoms with Crippen molar-refractivity contribution in [2.75, 3.05) is 0 Å². The first kappa shape index (κ1) is 10.8. The molecule has 0 N–H and O–H groups in total. The van der Waals surface area contributed by atoms with Gasteiger partial charge >= 0.3 is 0 Å². The Hall–Kier alpha value is -2.94.